The summed E-state index contributed by atoms with van der Waals surface area (Å²) in [6, 6.07) is 0.653. The lowest BCUT2D eigenvalue weighted by Crippen LogP contribution is -2.31. The van der Waals surface area contributed by atoms with Crippen molar-refractivity contribution in [3.63, 3.8) is 0 Å². The minimum atomic E-state index is 0.653. The largest absolute Gasteiger partial charge is 0.217 e. The molecule has 0 aromatic carbocycles. The van der Waals surface area contributed by atoms with Crippen LogP contribution in [0.3, 0.4) is 0 Å². The summed E-state index contributed by atoms with van der Waals surface area (Å²) in [7, 11) is 0. The first-order valence-electron chi connectivity index (χ1n) is 3.77. The van der Waals surface area contributed by atoms with E-state index in [-0.39, 0.29) is 0 Å². The van der Waals surface area contributed by atoms with Gasteiger partial charge in [0.25, 0.3) is 0 Å². The second-order valence-electron chi connectivity index (χ2n) is 2.68. The molecule has 0 amide bonds. The number of halogens is 1. The Morgan fingerprint density at radius 3 is 2.78 bits per heavy atom. The van der Waals surface area contributed by atoms with Gasteiger partial charge >= 0.3 is 0 Å². The molecule has 1 aliphatic heterocycles. The topological polar surface area (TPSA) is 3.24 Å². The molecule has 1 heterocycles. The maximum absolute atomic E-state index is 5.92. The molecule has 2 heteroatoms. The van der Waals surface area contributed by atoms with Crippen molar-refractivity contribution in [1.29, 1.82) is 0 Å². The van der Waals surface area contributed by atoms with E-state index in [0.29, 0.717) is 6.04 Å². The molecular weight excluding hydrogens is 134 g/mol. The van der Waals surface area contributed by atoms with Gasteiger partial charge in [-0.2, -0.15) is 0 Å². The highest BCUT2D eigenvalue weighted by atomic mass is 35.5. The smallest absolute Gasteiger partial charge is 0.0249 e. The third-order valence-electron chi connectivity index (χ3n) is 2.03. The Morgan fingerprint density at radius 1 is 1.56 bits per heavy atom. The number of rotatable bonds is 1. The Balaban J connectivity index is 2.30. The molecule has 1 rings (SSSR count). The van der Waals surface area contributed by atoms with Gasteiger partial charge in [0.1, 0.15) is 0 Å². The quantitative estimate of drug-likeness (QED) is 0.515. The standard InChI is InChI=1S/C7H14ClN/c1-2-7-5-3-4-6-9(7)8/h7H,2-6H2,1H3. The van der Waals surface area contributed by atoms with Gasteiger partial charge in [-0.25, -0.2) is 4.42 Å². The van der Waals surface area contributed by atoms with Crippen LogP contribution in [-0.2, 0) is 0 Å². The molecule has 1 saturated heterocycles. The molecule has 0 N–H and O–H groups in total. The van der Waals surface area contributed by atoms with E-state index in [1.807, 2.05) is 4.42 Å². The lowest BCUT2D eigenvalue weighted by atomic mass is 10.0. The van der Waals surface area contributed by atoms with Crippen LogP contribution >= 0.6 is 11.8 Å². The van der Waals surface area contributed by atoms with Gasteiger partial charge in [-0.3, -0.25) is 0 Å². The maximum Gasteiger partial charge on any atom is 0.0249 e. The van der Waals surface area contributed by atoms with Gasteiger partial charge in [0.2, 0.25) is 0 Å². The Hall–Kier alpha value is 0.250. The van der Waals surface area contributed by atoms with Crippen LogP contribution in [0.5, 0.6) is 0 Å². The summed E-state index contributed by atoms with van der Waals surface area (Å²) in [5.41, 5.74) is 0. The Kier molecular flexibility index (Phi) is 2.80. The number of piperidine rings is 1. The van der Waals surface area contributed by atoms with Crippen molar-refractivity contribution in [2.24, 2.45) is 0 Å². The van der Waals surface area contributed by atoms with Crippen molar-refractivity contribution in [1.82, 2.24) is 4.42 Å². The first-order valence-corrected chi connectivity index (χ1v) is 4.11. The van der Waals surface area contributed by atoms with E-state index < -0.39 is 0 Å². The van der Waals surface area contributed by atoms with Gasteiger partial charge < -0.3 is 0 Å². The van der Waals surface area contributed by atoms with E-state index in [4.69, 9.17) is 11.8 Å². The average molecular weight is 148 g/mol. The summed E-state index contributed by atoms with van der Waals surface area (Å²) < 4.78 is 1.96. The predicted molar refractivity (Wildman–Crippen MR) is 40.5 cm³/mol. The molecular formula is C7H14ClN. The summed E-state index contributed by atoms with van der Waals surface area (Å²) in [4.78, 5) is 0. The molecule has 1 nitrogen and oxygen atoms in total. The lowest BCUT2D eigenvalue weighted by Gasteiger charge is -2.28. The average Bonchev–Trinajstić information content (AvgIpc) is 1.89. The summed E-state index contributed by atoms with van der Waals surface area (Å²) in [6.07, 6.45) is 5.13. The van der Waals surface area contributed by atoms with Crippen LogP contribution in [0.1, 0.15) is 32.6 Å². The minimum absolute atomic E-state index is 0.653. The minimum Gasteiger partial charge on any atom is -0.217 e. The Morgan fingerprint density at radius 2 is 2.33 bits per heavy atom. The second kappa shape index (κ2) is 3.43. The summed E-state index contributed by atoms with van der Waals surface area (Å²) >= 11 is 5.92. The zero-order valence-electron chi connectivity index (χ0n) is 5.94. The van der Waals surface area contributed by atoms with Crippen LogP contribution in [0.25, 0.3) is 0 Å². The number of nitrogens with zero attached hydrogens (tertiary/aromatic N) is 1. The highest BCUT2D eigenvalue weighted by molar-refractivity contribution is 6.13. The van der Waals surface area contributed by atoms with Crippen LogP contribution in [0, 0.1) is 0 Å². The predicted octanol–water partition coefficient (Wildman–Crippen LogP) is 2.40. The fraction of sp³-hybridized carbons (Fsp3) is 1.00. The third-order valence-corrected chi connectivity index (χ3v) is 2.47. The van der Waals surface area contributed by atoms with E-state index >= 15 is 0 Å². The monoisotopic (exact) mass is 147 g/mol. The maximum atomic E-state index is 5.92. The normalized spacial score (nSPS) is 30.7. The molecule has 0 aromatic rings. The van der Waals surface area contributed by atoms with Crippen molar-refractivity contribution in [2.45, 2.75) is 38.6 Å². The highest BCUT2D eigenvalue weighted by Crippen LogP contribution is 2.20. The van der Waals surface area contributed by atoms with Crippen molar-refractivity contribution >= 4 is 11.8 Å². The van der Waals surface area contributed by atoms with Crippen LogP contribution < -0.4 is 0 Å². The van der Waals surface area contributed by atoms with Crippen LogP contribution in [0.2, 0.25) is 0 Å². The van der Waals surface area contributed by atoms with Crippen molar-refractivity contribution in [2.75, 3.05) is 6.54 Å². The molecule has 0 saturated carbocycles. The zero-order chi connectivity index (χ0) is 6.69. The van der Waals surface area contributed by atoms with Crippen molar-refractivity contribution in [3.05, 3.63) is 0 Å². The molecule has 54 valence electrons. The number of hydrogen-bond acceptors (Lipinski definition) is 1. The van der Waals surface area contributed by atoms with Gasteiger partial charge in [0.15, 0.2) is 0 Å². The van der Waals surface area contributed by atoms with Gasteiger partial charge in [-0.05, 0) is 31.0 Å². The Labute approximate surface area is 62.1 Å². The lowest BCUT2D eigenvalue weighted by molar-refractivity contribution is 0.257. The fourth-order valence-corrected chi connectivity index (χ4v) is 1.72. The summed E-state index contributed by atoms with van der Waals surface area (Å²) in [5.74, 6) is 0. The van der Waals surface area contributed by atoms with E-state index in [1.165, 1.54) is 25.7 Å². The van der Waals surface area contributed by atoms with Gasteiger partial charge in [0.05, 0.1) is 0 Å². The van der Waals surface area contributed by atoms with Crippen LogP contribution in [-0.4, -0.2) is 17.0 Å². The summed E-state index contributed by atoms with van der Waals surface area (Å²) in [6.45, 7) is 3.28. The van der Waals surface area contributed by atoms with Crippen LogP contribution in [0.4, 0.5) is 0 Å². The second-order valence-corrected chi connectivity index (χ2v) is 3.12. The van der Waals surface area contributed by atoms with Gasteiger partial charge in [-0.15, -0.1) is 0 Å². The third kappa shape index (κ3) is 1.84. The molecule has 0 aliphatic carbocycles. The van der Waals surface area contributed by atoms with E-state index in [9.17, 15) is 0 Å². The molecule has 1 aliphatic rings. The van der Waals surface area contributed by atoms with Gasteiger partial charge in [-0.1, -0.05) is 13.3 Å². The van der Waals surface area contributed by atoms with E-state index in [0.717, 1.165) is 6.54 Å². The molecule has 9 heavy (non-hydrogen) atoms. The summed E-state index contributed by atoms with van der Waals surface area (Å²) in [5, 5.41) is 0. The van der Waals surface area contributed by atoms with Crippen molar-refractivity contribution in [3.8, 4) is 0 Å². The number of hydrogen-bond donors (Lipinski definition) is 0. The molecule has 0 spiro atoms. The molecule has 1 fully saturated rings. The van der Waals surface area contributed by atoms with E-state index in [1.54, 1.807) is 0 Å². The molecule has 1 atom stereocenters. The highest BCUT2D eigenvalue weighted by Gasteiger charge is 2.17. The van der Waals surface area contributed by atoms with Crippen LogP contribution in [0.15, 0.2) is 0 Å². The Bertz CT molecular complexity index is 85.0. The SMILES string of the molecule is CCC1CCCCN1Cl. The van der Waals surface area contributed by atoms with Gasteiger partial charge in [0, 0.05) is 12.6 Å². The molecule has 0 bridgehead atoms. The first-order chi connectivity index (χ1) is 4.34. The zero-order valence-corrected chi connectivity index (χ0v) is 6.69. The molecule has 0 aromatic heterocycles. The molecule has 1 unspecified atom stereocenters. The first kappa shape index (κ1) is 7.36. The molecule has 0 radical (unpaired) electrons. The van der Waals surface area contributed by atoms with Crippen molar-refractivity contribution < 1.29 is 0 Å². The van der Waals surface area contributed by atoms with E-state index in [2.05, 4.69) is 6.92 Å². The fourth-order valence-electron chi connectivity index (χ4n) is 1.37.